The molecule has 0 saturated heterocycles. The second-order valence-electron chi connectivity index (χ2n) is 3.88. The van der Waals surface area contributed by atoms with E-state index in [4.69, 9.17) is 4.74 Å². The molecule has 0 N–H and O–H groups in total. The molecule has 1 heterocycles. The van der Waals surface area contributed by atoms with Crippen LogP contribution in [0.3, 0.4) is 0 Å². The first-order valence-electron chi connectivity index (χ1n) is 5.44. The van der Waals surface area contributed by atoms with E-state index in [0.717, 1.165) is 17.0 Å². The van der Waals surface area contributed by atoms with Crippen LogP contribution in [0.25, 0.3) is 0 Å². The molecule has 2 rings (SSSR count). The van der Waals surface area contributed by atoms with Crippen molar-refractivity contribution >= 4 is 17.1 Å². The second-order valence-corrected chi connectivity index (χ2v) is 4.70. The highest BCUT2D eigenvalue weighted by atomic mass is 32.1. The predicted molar refractivity (Wildman–Crippen MR) is 70.6 cm³/mol. The quantitative estimate of drug-likeness (QED) is 0.794. The number of ketones is 1. The van der Waals surface area contributed by atoms with Crippen LogP contribution in [-0.4, -0.2) is 17.5 Å². The molecule has 0 aliphatic heterocycles. The number of Topliss-reactive ketones (excluding diaryl/α,β-unsaturated/α-hetero) is 1. The summed E-state index contributed by atoms with van der Waals surface area (Å²) in [6, 6.07) is 6.93. The minimum Gasteiger partial charge on any atom is -0.497 e. The lowest BCUT2D eigenvalue weighted by atomic mass is 10.1. The number of benzene rings is 1. The van der Waals surface area contributed by atoms with Gasteiger partial charge in [-0.25, -0.2) is 0 Å². The first-order chi connectivity index (χ1) is 8.61. The molecule has 94 valence electrons. The summed E-state index contributed by atoms with van der Waals surface area (Å²) in [6.45, 7) is 1.89. The van der Waals surface area contributed by atoms with E-state index in [1.54, 1.807) is 36.8 Å². The van der Waals surface area contributed by atoms with Gasteiger partial charge in [-0.05, 0) is 19.1 Å². The van der Waals surface area contributed by atoms with Crippen molar-refractivity contribution in [1.82, 2.24) is 4.57 Å². The summed E-state index contributed by atoms with van der Waals surface area (Å²) in [6.07, 6.45) is 0. The maximum Gasteiger partial charge on any atom is 0.307 e. The number of aromatic nitrogens is 1. The van der Waals surface area contributed by atoms with Crippen LogP contribution in [0.2, 0.25) is 0 Å². The van der Waals surface area contributed by atoms with E-state index in [0.29, 0.717) is 11.3 Å². The van der Waals surface area contributed by atoms with Crippen molar-refractivity contribution in [2.75, 3.05) is 7.11 Å². The van der Waals surface area contributed by atoms with E-state index in [1.165, 1.54) is 4.57 Å². The lowest BCUT2D eigenvalue weighted by Crippen LogP contribution is -2.20. The van der Waals surface area contributed by atoms with Crippen LogP contribution >= 0.6 is 11.3 Å². The monoisotopic (exact) mass is 263 g/mol. The number of carbonyl (C=O) groups is 1. The first-order valence-corrected chi connectivity index (χ1v) is 6.32. The predicted octanol–water partition coefficient (Wildman–Crippen LogP) is 2.11. The van der Waals surface area contributed by atoms with Crippen molar-refractivity contribution in [3.63, 3.8) is 0 Å². The van der Waals surface area contributed by atoms with Gasteiger partial charge in [0.25, 0.3) is 0 Å². The molecular weight excluding hydrogens is 250 g/mol. The first kappa shape index (κ1) is 12.6. The molecule has 0 bridgehead atoms. The van der Waals surface area contributed by atoms with E-state index in [-0.39, 0.29) is 17.2 Å². The van der Waals surface area contributed by atoms with E-state index in [9.17, 15) is 9.59 Å². The van der Waals surface area contributed by atoms with Crippen LogP contribution in [-0.2, 0) is 6.54 Å². The molecule has 2 aromatic rings. The zero-order valence-corrected chi connectivity index (χ0v) is 11.0. The number of hydrogen-bond donors (Lipinski definition) is 0. The van der Waals surface area contributed by atoms with Gasteiger partial charge in [-0.15, -0.1) is 0 Å². The summed E-state index contributed by atoms with van der Waals surface area (Å²) in [5.41, 5.74) is 1.35. The molecule has 0 aliphatic carbocycles. The Kier molecular flexibility index (Phi) is 3.62. The molecule has 4 nitrogen and oxygen atoms in total. The second kappa shape index (κ2) is 5.18. The van der Waals surface area contributed by atoms with Crippen molar-refractivity contribution < 1.29 is 9.53 Å². The average Bonchev–Trinajstić information content (AvgIpc) is 2.70. The number of hydrogen-bond acceptors (Lipinski definition) is 4. The van der Waals surface area contributed by atoms with Crippen molar-refractivity contribution in [3.8, 4) is 5.75 Å². The SMILES string of the molecule is COc1cccc(C(=O)Cn2c(C)csc2=O)c1. The third-order valence-electron chi connectivity index (χ3n) is 2.67. The number of methoxy groups -OCH3 is 1. The van der Waals surface area contributed by atoms with Gasteiger partial charge in [0.15, 0.2) is 5.78 Å². The molecule has 5 heteroatoms. The maximum atomic E-state index is 12.1. The Morgan fingerprint density at radius 1 is 1.44 bits per heavy atom. The molecule has 0 atom stereocenters. The Hall–Kier alpha value is -1.88. The van der Waals surface area contributed by atoms with Crippen LogP contribution < -0.4 is 9.61 Å². The number of carbonyl (C=O) groups excluding carboxylic acids is 1. The molecule has 0 amide bonds. The van der Waals surface area contributed by atoms with E-state index in [1.807, 2.05) is 6.92 Å². The van der Waals surface area contributed by atoms with Gasteiger partial charge in [0.05, 0.1) is 13.7 Å². The van der Waals surface area contributed by atoms with Gasteiger partial charge in [-0.3, -0.25) is 14.2 Å². The third kappa shape index (κ3) is 2.51. The lowest BCUT2D eigenvalue weighted by Gasteiger charge is -2.05. The maximum absolute atomic E-state index is 12.1. The summed E-state index contributed by atoms with van der Waals surface area (Å²) < 4.78 is 6.55. The minimum absolute atomic E-state index is 0.0708. The zero-order valence-electron chi connectivity index (χ0n) is 10.2. The van der Waals surface area contributed by atoms with Gasteiger partial charge in [-0.1, -0.05) is 23.5 Å². The largest absolute Gasteiger partial charge is 0.497 e. The van der Waals surface area contributed by atoms with E-state index >= 15 is 0 Å². The fourth-order valence-electron chi connectivity index (χ4n) is 1.63. The Bertz CT molecular complexity index is 627. The highest BCUT2D eigenvalue weighted by molar-refractivity contribution is 7.07. The van der Waals surface area contributed by atoms with Crippen LogP contribution in [0.4, 0.5) is 0 Å². The van der Waals surface area contributed by atoms with Crippen molar-refractivity contribution in [3.05, 3.63) is 50.6 Å². The van der Waals surface area contributed by atoms with Gasteiger partial charge in [0.2, 0.25) is 0 Å². The fourth-order valence-corrected chi connectivity index (χ4v) is 2.36. The molecule has 0 radical (unpaired) electrons. The molecule has 0 unspecified atom stereocenters. The van der Waals surface area contributed by atoms with Crippen LogP contribution in [0.15, 0.2) is 34.4 Å². The highest BCUT2D eigenvalue weighted by Gasteiger charge is 2.11. The van der Waals surface area contributed by atoms with Gasteiger partial charge in [0, 0.05) is 16.6 Å². The molecule has 0 aliphatic rings. The van der Waals surface area contributed by atoms with Crippen molar-refractivity contribution in [2.45, 2.75) is 13.5 Å². The number of thiazole rings is 1. The number of aryl methyl sites for hydroxylation is 1. The van der Waals surface area contributed by atoms with Crippen LogP contribution in [0.1, 0.15) is 16.1 Å². The highest BCUT2D eigenvalue weighted by Crippen LogP contribution is 2.13. The summed E-state index contributed by atoms with van der Waals surface area (Å²) >= 11 is 1.11. The van der Waals surface area contributed by atoms with E-state index < -0.39 is 0 Å². The van der Waals surface area contributed by atoms with Crippen molar-refractivity contribution in [1.29, 1.82) is 0 Å². The lowest BCUT2D eigenvalue weighted by molar-refractivity contribution is 0.0970. The molecule has 0 spiro atoms. The summed E-state index contributed by atoms with van der Waals surface area (Å²) in [5.74, 6) is 0.535. The minimum atomic E-state index is -0.108. The Labute approximate surface area is 108 Å². The molecule has 1 aromatic heterocycles. The Morgan fingerprint density at radius 2 is 2.22 bits per heavy atom. The zero-order chi connectivity index (χ0) is 13.1. The van der Waals surface area contributed by atoms with Gasteiger partial charge in [-0.2, -0.15) is 0 Å². The number of rotatable bonds is 4. The van der Waals surface area contributed by atoms with E-state index in [2.05, 4.69) is 0 Å². The topological polar surface area (TPSA) is 48.3 Å². The molecule has 0 fully saturated rings. The Balaban J connectivity index is 2.24. The summed E-state index contributed by atoms with van der Waals surface area (Å²) in [5, 5.41) is 1.75. The van der Waals surface area contributed by atoms with Gasteiger partial charge >= 0.3 is 4.87 Å². The molecule has 0 saturated carbocycles. The Morgan fingerprint density at radius 3 is 2.83 bits per heavy atom. The number of ether oxygens (including phenoxy) is 1. The smallest absolute Gasteiger partial charge is 0.307 e. The number of nitrogens with zero attached hydrogens (tertiary/aromatic N) is 1. The molecule has 1 aromatic carbocycles. The van der Waals surface area contributed by atoms with Crippen molar-refractivity contribution in [2.24, 2.45) is 0 Å². The standard InChI is InChI=1S/C13H13NO3S/c1-9-8-18-13(16)14(9)7-12(15)10-4-3-5-11(6-10)17-2/h3-6,8H,7H2,1-2H3. The average molecular weight is 263 g/mol. The fraction of sp³-hybridized carbons (Fsp3) is 0.231. The summed E-state index contributed by atoms with van der Waals surface area (Å²) in [4.78, 5) is 23.5. The van der Waals surface area contributed by atoms with Gasteiger partial charge < -0.3 is 4.74 Å². The normalized spacial score (nSPS) is 10.3. The summed E-state index contributed by atoms with van der Waals surface area (Å²) in [7, 11) is 1.55. The molecular formula is C13H13NO3S. The molecule has 18 heavy (non-hydrogen) atoms. The van der Waals surface area contributed by atoms with Crippen LogP contribution in [0.5, 0.6) is 5.75 Å². The third-order valence-corrected chi connectivity index (χ3v) is 3.55. The van der Waals surface area contributed by atoms with Crippen LogP contribution in [0, 0.1) is 6.92 Å². The van der Waals surface area contributed by atoms with Gasteiger partial charge in [0.1, 0.15) is 5.75 Å².